The van der Waals surface area contributed by atoms with E-state index >= 15 is 0 Å². The molecule has 2 aliphatic rings. The highest BCUT2D eigenvalue weighted by Gasteiger charge is 2.26. The number of fused-ring (bicyclic) bond motifs is 2. The molecule has 10 nitrogen and oxygen atoms in total. The van der Waals surface area contributed by atoms with Gasteiger partial charge >= 0.3 is 0 Å². The number of anilines is 1. The lowest BCUT2D eigenvalue weighted by Gasteiger charge is -2.38. The molecule has 0 amide bonds. The number of hydrogen-bond donors (Lipinski definition) is 3. The Labute approximate surface area is 259 Å². The number of nitriles is 2. The number of aromatic nitrogens is 2. The van der Waals surface area contributed by atoms with Crippen molar-refractivity contribution < 1.29 is 19.7 Å². The van der Waals surface area contributed by atoms with Crippen molar-refractivity contribution in [2.24, 2.45) is 0 Å². The molecule has 4 aromatic rings. The quantitative estimate of drug-likeness (QED) is 0.299. The Morgan fingerprint density at radius 3 is 2.05 bits per heavy atom. The molecule has 0 radical (unpaired) electrons. The third kappa shape index (κ3) is 8.24. The van der Waals surface area contributed by atoms with Gasteiger partial charge in [0.05, 0.1) is 59.8 Å². The molecular formula is C32H35BrN6O4. The number of nitrogens with zero attached hydrogens (tertiary/aromatic N) is 5. The Morgan fingerprint density at radius 1 is 0.837 bits per heavy atom. The van der Waals surface area contributed by atoms with Crippen molar-refractivity contribution in [1.29, 1.82) is 10.5 Å². The maximum absolute atomic E-state index is 9.36. The van der Waals surface area contributed by atoms with Gasteiger partial charge in [0.15, 0.2) is 0 Å². The molecule has 43 heavy (non-hydrogen) atoms. The van der Waals surface area contributed by atoms with Gasteiger partial charge in [0, 0.05) is 59.5 Å². The first-order valence-corrected chi connectivity index (χ1v) is 14.9. The minimum absolute atomic E-state index is 0.00724. The fourth-order valence-corrected chi connectivity index (χ4v) is 5.53. The number of hydrogen-bond acceptors (Lipinski definition) is 10. The van der Waals surface area contributed by atoms with Crippen molar-refractivity contribution in [2.45, 2.75) is 38.3 Å². The van der Waals surface area contributed by atoms with Gasteiger partial charge in [0.1, 0.15) is 12.1 Å². The maximum Gasteiger partial charge on any atom is 0.101 e. The highest BCUT2D eigenvalue weighted by molar-refractivity contribution is 9.10. The molecule has 2 aromatic heterocycles. The van der Waals surface area contributed by atoms with Crippen molar-refractivity contribution in [3.05, 3.63) is 76.5 Å². The van der Waals surface area contributed by atoms with Crippen LogP contribution in [0.15, 0.2) is 65.4 Å². The standard InChI is InChI=1S/C16H17N3O2.C10H5BrN2.C6H13NO2/c1-11-8-19(9-13(10-20)21-11)15-5-4-12(7-17)16-14(15)3-2-6-18-16;11-9-4-3-7(6-12)10-8(9)2-1-5-13-10;1-5-2-7-3-6(4-8)9-5/h2-6,11,13,20H,8-10H2,1H3;1-5H;5-8H,2-4H2,1H3/t11-,13-;;5-,6-/m1.1/s1. The Hall–Kier alpha value is -3.68. The minimum Gasteiger partial charge on any atom is -0.394 e. The summed E-state index contributed by atoms with van der Waals surface area (Å²) in [7, 11) is 0. The monoisotopic (exact) mass is 646 g/mol. The number of benzene rings is 2. The van der Waals surface area contributed by atoms with Gasteiger partial charge in [-0.25, -0.2) is 0 Å². The van der Waals surface area contributed by atoms with Crippen LogP contribution in [-0.4, -0.2) is 84.0 Å². The van der Waals surface area contributed by atoms with Crippen LogP contribution >= 0.6 is 15.9 Å². The molecular weight excluding hydrogens is 612 g/mol. The summed E-state index contributed by atoms with van der Waals surface area (Å²) in [6.45, 7) is 7.19. The van der Waals surface area contributed by atoms with Gasteiger partial charge in [-0.1, -0.05) is 22.0 Å². The van der Waals surface area contributed by atoms with Crippen LogP contribution < -0.4 is 10.2 Å². The van der Waals surface area contributed by atoms with Crippen LogP contribution in [0.25, 0.3) is 21.8 Å². The van der Waals surface area contributed by atoms with E-state index in [0.717, 1.165) is 51.6 Å². The Balaban J connectivity index is 0.000000163. The molecule has 2 saturated heterocycles. The fraction of sp³-hybridized carbons (Fsp3) is 0.375. The first-order valence-electron chi connectivity index (χ1n) is 14.1. The molecule has 11 heteroatoms. The molecule has 0 aliphatic carbocycles. The van der Waals surface area contributed by atoms with Gasteiger partial charge in [-0.3, -0.25) is 9.97 Å². The minimum atomic E-state index is -0.184. The maximum atomic E-state index is 9.36. The molecule has 0 saturated carbocycles. The van der Waals surface area contributed by atoms with Crippen molar-refractivity contribution in [3.63, 3.8) is 0 Å². The second kappa shape index (κ2) is 15.7. The molecule has 0 spiro atoms. The Bertz CT molecular complexity index is 1610. The predicted octanol–water partition coefficient (Wildman–Crippen LogP) is 3.92. The van der Waals surface area contributed by atoms with E-state index in [1.54, 1.807) is 24.5 Å². The van der Waals surface area contributed by atoms with E-state index in [1.807, 2.05) is 50.2 Å². The van der Waals surface area contributed by atoms with Crippen LogP contribution in [0.2, 0.25) is 0 Å². The predicted molar refractivity (Wildman–Crippen MR) is 169 cm³/mol. The summed E-state index contributed by atoms with van der Waals surface area (Å²) in [5.41, 5.74) is 3.69. The lowest BCUT2D eigenvalue weighted by molar-refractivity contribution is -0.0518. The van der Waals surface area contributed by atoms with Gasteiger partial charge in [0.25, 0.3) is 0 Å². The SMILES string of the molecule is C[C@@H]1CN(c2ccc(C#N)c3ncccc23)C[C@H](CO)O1.C[C@@H]1CNC[C@H](CO)O1.N#Cc1ccc(Br)c2cccnc12. The molecule has 224 valence electrons. The molecule has 0 bridgehead atoms. The summed E-state index contributed by atoms with van der Waals surface area (Å²) in [4.78, 5) is 10.7. The number of nitrogens with one attached hydrogen (secondary N) is 1. The highest BCUT2D eigenvalue weighted by atomic mass is 79.9. The second-order valence-corrected chi connectivity index (χ2v) is 11.2. The van der Waals surface area contributed by atoms with E-state index in [9.17, 15) is 10.4 Å². The summed E-state index contributed by atoms with van der Waals surface area (Å²) >= 11 is 3.41. The average Bonchev–Trinajstić information content (AvgIpc) is 3.05. The zero-order valence-electron chi connectivity index (χ0n) is 24.2. The zero-order chi connectivity index (χ0) is 30.8. The number of halogens is 1. The lowest BCUT2D eigenvalue weighted by atomic mass is 10.1. The number of morpholine rings is 2. The molecule has 6 rings (SSSR count). The Kier molecular flexibility index (Phi) is 11.8. The molecule has 2 fully saturated rings. The highest BCUT2D eigenvalue weighted by Crippen LogP contribution is 2.30. The Morgan fingerprint density at radius 2 is 1.44 bits per heavy atom. The third-order valence-corrected chi connectivity index (χ3v) is 7.70. The summed E-state index contributed by atoms with van der Waals surface area (Å²) < 4.78 is 12.0. The van der Waals surface area contributed by atoms with Crippen LogP contribution in [0.4, 0.5) is 5.69 Å². The molecule has 3 N–H and O–H groups in total. The molecule has 2 aliphatic heterocycles. The van der Waals surface area contributed by atoms with E-state index in [-0.39, 0.29) is 37.6 Å². The van der Waals surface area contributed by atoms with Crippen molar-refractivity contribution >= 4 is 43.4 Å². The van der Waals surface area contributed by atoms with Crippen LogP contribution in [-0.2, 0) is 9.47 Å². The lowest BCUT2D eigenvalue weighted by Crippen LogP contribution is -2.48. The van der Waals surface area contributed by atoms with Gasteiger partial charge in [-0.15, -0.1) is 0 Å². The molecule has 4 heterocycles. The summed E-state index contributed by atoms with van der Waals surface area (Å²) in [5.74, 6) is 0. The summed E-state index contributed by atoms with van der Waals surface area (Å²) in [6, 6.07) is 19.3. The number of pyridine rings is 2. The third-order valence-electron chi connectivity index (χ3n) is 7.01. The number of ether oxygens (including phenoxy) is 2. The van der Waals surface area contributed by atoms with E-state index < -0.39 is 0 Å². The van der Waals surface area contributed by atoms with Crippen LogP contribution in [0.1, 0.15) is 25.0 Å². The number of aliphatic hydroxyl groups is 2. The van der Waals surface area contributed by atoms with Crippen LogP contribution in [0.5, 0.6) is 0 Å². The van der Waals surface area contributed by atoms with Crippen molar-refractivity contribution in [2.75, 3.05) is 44.3 Å². The first-order chi connectivity index (χ1) is 20.9. The number of aliphatic hydroxyl groups excluding tert-OH is 2. The summed E-state index contributed by atoms with van der Waals surface area (Å²) in [5, 5.41) is 41.1. The smallest absolute Gasteiger partial charge is 0.101 e. The van der Waals surface area contributed by atoms with Gasteiger partial charge in [-0.2, -0.15) is 10.5 Å². The molecule has 2 aromatic carbocycles. The van der Waals surface area contributed by atoms with Gasteiger partial charge in [-0.05, 0) is 56.3 Å². The largest absolute Gasteiger partial charge is 0.394 e. The number of rotatable bonds is 3. The second-order valence-electron chi connectivity index (χ2n) is 10.3. The molecule has 4 atom stereocenters. The van der Waals surface area contributed by atoms with Crippen LogP contribution in [0.3, 0.4) is 0 Å². The average molecular weight is 648 g/mol. The van der Waals surface area contributed by atoms with Crippen molar-refractivity contribution in [1.82, 2.24) is 15.3 Å². The van der Waals surface area contributed by atoms with Gasteiger partial charge in [0.2, 0.25) is 0 Å². The van der Waals surface area contributed by atoms with Crippen molar-refractivity contribution in [3.8, 4) is 12.1 Å². The zero-order valence-corrected chi connectivity index (χ0v) is 25.7. The summed E-state index contributed by atoms with van der Waals surface area (Å²) in [6.07, 6.45) is 3.51. The van der Waals surface area contributed by atoms with E-state index in [2.05, 4.69) is 48.3 Å². The van der Waals surface area contributed by atoms with E-state index in [1.165, 1.54) is 0 Å². The van der Waals surface area contributed by atoms with E-state index in [0.29, 0.717) is 17.7 Å². The molecule has 0 unspecified atom stereocenters. The van der Waals surface area contributed by atoms with E-state index in [4.69, 9.17) is 19.8 Å². The fourth-order valence-electron chi connectivity index (χ4n) is 5.07. The topological polar surface area (TPSA) is 148 Å². The first kappa shape index (κ1) is 32.2. The van der Waals surface area contributed by atoms with Crippen LogP contribution in [0, 0.1) is 22.7 Å². The van der Waals surface area contributed by atoms with Gasteiger partial charge < -0.3 is 29.9 Å². The normalized spacial score (nSPS) is 21.5.